The molecule has 154 valence electrons. The van der Waals surface area contributed by atoms with Gasteiger partial charge in [0.2, 0.25) is 0 Å². The van der Waals surface area contributed by atoms with Crippen molar-refractivity contribution in [2.45, 2.75) is 19.9 Å². The van der Waals surface area contributed by atoms with Gasteiger partial charge in [0.1, 0.15) is 11.3 Å². The summed E-state index contributed by atoms with van der Waals surface area (Å²) in [7, 11) is 0. The van der Waals surface area contributed by atoms with Crippen LogP contribution in [0, 0.1) is 6.92 Å². The van der Waals surface area contributed by atoms with E-state index >= 15 is 0 Å². The van der Waals surface area contributed by atoms with Crippen LogP contribution >= 0.6 is 11.3 Å². The van der Waals surface area contributed by atoms with Crippen molar-refractivity contribution in [3.63, 3.8) is 0 Å². The number of carboxylic acid groups (broad SMARTS) is 1. The monoisotopic (exact) mass is 423 g/mol. The van der Waals surface area contributed by atoms with Crippen LogP contribution in [0.3, 0.4) is 0 Å². The fraction of sp³-hybridized carbons (Fsp3) is 0.227. The molecule has 4 aromatic rings. The van der Waals surface area contributed by atoms with Crippen molar-refractivity contribution in [2.24, 2.45) is 0 Å². The molecule has 0 saturated heterocycles. The molecule has 0 aliphatic heterocycles. The molecule has 3 aromatic heterocycles. The van der Waals surface area contributed by atoms with Crippen molar-refractivity contribution in [1.82, 2.24) is 15.3 Å². The van der Waals surface area contributed by atoms with Crippen LogP contribution in [0.4, 0.5) is 0 Å². The number of rotatable bonds is 9. The topological polar surface area (TPSA) is 97.5 Å². The second-order valence-electron chi connectivity index (χ2n) is 6.77. The van der Waals surface area contributed by atoms with Gasteiger partial charge in [-0.05, 0) is 43.7 Å². The van der Waals surface area contributed by atoms with Gasteiger partial charge in [-0.3, -0.25) is 4.98 Å². The second kappa shape index (κ2) is 9.06. The summed E-state index contributed by atoms with van der Waals surface area (Å²) in [5, 5.41) is 15.4. The van der Waals surface area contributed by atoms with Crippen LogP contribution in [0.15, 0.2) is 52.5 Å². The normalized spacial score (nSPS) is 11.1. The molecule has 0 aliphatic carbocycles. The summed E-state index contributed by atoms with van der Waals surface area (Å²) in [6.45, 7) is 4.11. The molecule has 30 heavy (non-hydrogen) atoms. The Morgan fingerprint density at radius 2 is 2.20 bits per heavy atom. The molecule has 0 radical (unpaired) electrons. The first kappa shape index (κ1) is 20.1. The number of benzene rings is 1. The number of nitrogens with zero attached hydrogens (tertiary/aromatic N) is 2. The van der Waals surface area contributed by atoms with Gasteiger partial charge in [0.15, 0.2) is 16.5 Å². The molecule has 0 spiro atoms. The Balaban J connectivity index is 1.40. The van der Waals surface area contributed by atoms with Crippen molar-refractivity contribution in [3.8, 4) is 16.5 Å². The zero-order chi connectivity index (χ0) is 20.9. The standard InChI is InChI=1S/C22H21N3O4S/c1-14-19-17(28-10-4-9-24-12-15-5-3-8-23-11-15)6-2-7-18(19)29-20(14)21-25-16(13-30-21)22(26)27/h2-3,5-8,11,13,24H,4,9-10,12H2,1H3,(H,26,27). The van der Waals surface area contributed by atoms with E-state index in [9.17, 15) is 4.79 Å². The molecular formula is C22H21N3O4S. The number of furan rings is 1. The lowest BCUT2D eigenvalue weighted by Crippen LogP contribution is -2.17. The Kier molecular flexibility index (Phi) is 6.06. The predicted octanol–water partition coefficient (Wildman–Crippen LogP) is 4.52. The van der Waals surface area contributed by atoms with Crippen LogP contribution in [-0.4, -0.2) is 34.2 Å². The molecule has 0 amide bonds. The summed E-state index contributed by atoms with van der Waals surface area (Å²) in [5.41, 5.74) is 2.76. The minimum atomic E-state index is -1.05. The van der Waals surface area contributed by atoms with Crippen LogP contribution in [0.2, 0.25) is 0 Å². The maximum Gasteiger partial charge on any atom is 0.355 e. The Morgan fingerprint density at radius 3 is 2.97 bits per heavy atom. The fourth-order valence-electron chi connectivity index (χ4n) is 3.18. The van der Waals surface area contributed by atoms with E-state index in [2.05, 4.69) is 15.3 Å². The van der Waals surface area contributed by atoms with Gasteiger partial charge >= 0.3 is 5.97 Å². The molecule has 7 nitrogen and oxygen atoms in total. The van der Waals surface area contributed by atoms with Gasteiger partial charge in [-0.25, -0.2) is 9.78 Å². The van der Waals surface area contributed by atoms with Crippen molar-refractivity contribution < 1.29 is 19.1 Å². The number of aromatic nitrogens is 2. The molecule has 1 aromatic carbocycles. The van der Waals surface area contributed by atoms with Crippen molar-refractivity contribution in [2.75, 3.05) is 13.2 Å². The van der Waals surface area contributed by atoms with E-state index in [-0.39, 0.29) is 5.69 Å². The van der Waals surface area contributed by atoms with E-state index in [1.807, 2.05) is 43.5 Å². The third-order valence-electron chi connectivity index (χ3n) is 4.64. The molecule has 3 heterocycles. The van der Waals surface area contributed by atoms with E-state index in [0.717, 1.165) is 41.8 Å². The van der Waals surface area contributed by atoms with Crippen LogP contribution in [-0.2, 0) is 6.54 Å². The van der Waals surface area contributed by atoms with Crippen molar-refractivity contribution >= 4 is 28.3 Å². The number of aryl methyl sites for hydroxylation is 1. The first-order valence-corrected chi connectivity index (χ1v) is 10.4. The Labute approximate surface area is 177 Å². The number of hydrogen-bond donors (Lipinski definition) is 2. The van der Waals surface area contributed by atoms with Crippen LogP contribution in [0.5, 0.6) is 5.75 Å². The molecule has 4 rings (SSSR count). The van der Waals surface area contributed by atoms with E-state index in [1.165, 1.54) is 16.7 Å². The number of hydrogen-bond acceptors (Lipinski definition) is 7. The lowest BCUT2D eigenvalue weighted by molar-refractivity contribution is 0.0691. The molecule has 0 saturated carbocycles. The Morgan fingerprint density at radius 1 is 1.30 bits per heavy atom. The predicted molar refractivity (Wildman–Crippen MR) is 115 cm³/mol. The number of carboxylic acids is 1. The lowest BCUT2D eigenvalue weighted by atomic mass is 10.1. The smallest absolute Gasteiger partial charge is 0.355 e. The van der Waals surface area contributed by atoms with E-state index in [4.69, 9.17) is 14.3 Å². The minimum Gasteiger partial charge on any atom is -0.493 e. The van der Waals surface area contributed by atoms with Crippen molar-refractivity contribution in [1.29, 1.82) is 0 Å². The molecule has 0 aliphatic rings. The molecule has 0 unspecified atom stereocenters. The summed E-state index contributed by atoms with van der Waals surface area (Å²) in [4.78, 5) is 19.4. The molecular weight excluding hydrogens is 402 g/mol. The maximum atomic E-state index is 11.1. The molecule has 8 heteroatoms. The highest BCUT2D eigenvalue weighted by Crippen LogP contribution is 2.39. The molecule has 0 fully saturated rings. The van der Waals surface area contributed by atoms with Gasteiger partial charge in [0.25, 0.3) is 0 Å². The summed E-state index contributed by atoms with van der Waals surface area (Å²) < 4.78 is 12.0. The summed E-state index contributed by atoms with van der Waals surface area (Å²) in [6, 6.07) is 9.65. The highest BCUT2D eigenvalue weighted by molar-refractivity contribution is 7.13. The second-order valence-corrected chi connectivity index (χ2v) is 7.63. The number of carbonyl (C=O) groups is 1. The Bertz CT molecular complexity index is 1150. The minimum absolute atomic E-state index is 0.0186. The zero-order valence-corrected chi connectivity index (χ0v) is 17.2. The number of ether oxygens (including phenoxy) is 1. The Hall–Kier alpha value is -3.23. The van der Waals surface area contributed by atoms with Gasteiger partial charge in [-0.1, -0.05) is 12.1 Å². The summed E-state index contributed by atoms with van der Waals surface area (Å²) in [6.07, 6.45) is 4.47. The average molecular weight is 423 g/mol. The first-order chi connectivity index (χ1) is 14.6. The van der Waals surface area contributed by atoms with Crippen LogP contribution in [0.1, 0.15) is 28.0 Å². The quantitative estimate of drug-likeness (QED) is 0.382. The summed E-state index contributed by atoms with van der Waals surface area (Å²) >= 11 is 1.25. The zero-order valence-electron chi connectivity index (χ0n) is 16.4. The maximum absolute atomic E-state index is 11.1. The number of pyridine rings is 1. The highest BCUT2D eigenvalue weighted by Gasteiger charge is 2.20. The largest absolute Gasteiger partial charge is 0.493 e. The number of fused-ring (bicyclic) bond motifs is 1. The van der Waals surface area contributed by atoms with Crippen LogP contribution < -0.4 is 10.1 Å². The molecule has 2 N–H and O–H groups in total. The number of thiazole rings is 1. The van der Waals surface area contributed by atoms with Gasteiger partial charge in [-0.2, -0.15) is 0 Å². The van der Waals surface area contributed by atoms with E-state index in [1.54, 1.807) is 6.20 Å². The van der Waals surface area contributed by atoms with E-state index < -0.39 is 5.97 Å². The van der Waals surface area contributed by atoms with Gasteiger partial charge < -0.3 is 19.6 Å². The lowest BCUT2D eigenvalue weighted by Gasteiger charge is -2.08. The van der Waals surface area contributed by atoms with Gasteiger partial charge in [0, 0.05) is 29.9 Å². The van der Waals surface area contributed by atoms with Crippen molar-refractivity contribution in [3.05, 3.63) is 64.9 Å². The molecule has 0 atom stereocenters. The average Bonchev–Trinajstić information content (AvgIpc) is 3.37. The van der Waals surface area contributed by atoms with Crippen LogP contribution in [0.25, 0.3) is 21.7 Å². The highest BCUT2D eigenvalue weighted by atomic mass is 32.1. The first-order valence-electron chi connectivity index (χ1n) is 9.57. The third kappa shape index (κ3) is 4.34. The third-order valence-corrected chi connectivity index (χ3v) is 5.48. The summed E-state index contributed by atoms with van der Waals surface area (Å²) in [5.74, 6) is 0.284. The SMILES string of the molecule is Cc1c(-c2nc(C(=O)O)cs2)oc2cccc(OCCCNCc3cccnc3)c12. The van der Waals surface area contributed by atoms with Gasteiger partial charge in [0.05, 0.1) is 12.0 Å². The number of aromatic carboxylic acids is 1. The fourth-order valence-corrected chi connectivity index (χ4v) is 4.01. The number of nitrogens with one attached hydrogen (secondary N) is 1. The van der Waals surface area contributed by atoms with Gasteiger partial charge in [-0.15, -0.1) is 11.3 Å². The molecule has 0 bridgehead atoms. The van der Waals surface area contributed by atoms with E-state index in [0.29, 0.717) is 23.0 Å².